The zero-order chi connectivity index (χ0) is 10.6. The first-order valence-corrected chi connectivity index (χ1v) is 5.00. The smallest absolute Gasteiger partial charge is 0.166 e. The first-order valence-electron chi connectivity index (χ1n) is 4.47. The molecule has 0 radical (unpaired) electrons. The molecule has 1 rings (SSSR count). The van der Waals surface area contributed by atoms with Crippen molar-refractivity contribution in [1.29, 1.82) is 0 Å². The molecular formula is C10H13ClN2O. The van der Waals surface area contributed by atoms with E-state index in [9.17, 15) is 4.79 Å². The second kappa shape index (κ2) is 4.96. The van der Waals surface area contributed by atoms with Crippen LogP contribution in [0.25, 0.3) is 0 Å². The summed E-state index contributed by atoms with van der Waals surface area (Å²) in [5, 5.41) is 0. The Kier molecular flexibility index (Phi) is 3.89. The van der Waals surface area contributed by atoms with Crippen molar-refractivity contribution >= 4 is 23.2 Å². The van der Waals surface area contributed by atoms with Gasteiger partial charge in [-0.05, 0) is 25.0 Å². The minimum atomic E-state index is 0.0220. The van der Waals surface area contributed by atoms with Crippen LogP contribution in [0.15, 0.2) is 12.3 Å². The van der Waals surface area contributed by atoms with E-state index in [0.29, 0.717) is 30.1 Å². The molecule has 0 atom stereocenters. The summed E-state index contributed by atoms with van der Waals surface area (Å²) in [5.41, 5.74) is 7.04. The van der Waals surface area contributed by atoms with Crippen LogP contribution in [0.3, 0.4) is 0 Å². The maximum atomic E-state index is 11.7. The average molecular weight is 213 g/mol. The maximum absolute atomic E-state index is 11.7. The fourth-order valence-corrected chi connectivity index (χ4v) is 1.43. The number of rotatable bonds is 4. The van der Waals surface area contributed by atoms with Gasteiger partial charge in [-0.25, -0.2) is 4.98 Å². The number of Topliss-reactive ketones (excluding diaryl/α,β-unsaturated/α-hetero) is 1. The highest BCUT2D eigenvalue weighted by atomic mass is 35.5. The molecule has 0 bridgehead atoms. The number of pyridine rings is 1. The fourth-order valence-electron chi connectivity index (χ4n) is 1.29. The van der Waals surface area contributed by atoms with E-state index in [1.54, 1.807) is 12.3 Å². The number of hydrogen-bond donors (Lipinski definition) is 1. The van der Waals surface area contributed by atoms with Crippen molar-refractivity contribution in [2.45, 2.75) is 19.8 Å². The molecule has 0 aromatic carbocycles. The molecule has 14 heavy (non-hydrogen) atoms. The highest BCUT2D eigenvalue weighted by Gasteiger charge is 2.12. The molecule has 76 valence electrons. The van der Waals surface area contributed by atoms with Gasteiger partial charge in [0.2, 0.25) is 0 Å². The van der Waals surface area contributed by atoms with E-state index in [-0.39, 0.29) is 5.78 Å². The summed E-state index contributed by atoms with van der Waals surface area (Å²) in [5.74, 6) is 0.823. The molecule has 2 N–H and O–H groups in total. The number of alkyl halides is 1. The SMILES string of the molecule is Cc1ccnc(N)c1C(=O)CCCCl. The molecule has 0 aliphatic heterocycles. The Morgan fingerprint density at radius 2 is 2.36 bits per heavy atom. The summed E-state index contributed by atoms with van der Waals surface area (Å²) in [6.07, 6.45) is 2.71. The first-order chi connectivity index (χ1) is 6.66. The van der Waals surface area contributed by atoms with Gasteiger partial charge in [0.25, 0.3) is 0 Å². The van der Waals surface area contributed by atoms with Crippen molar-refractivity contribution in [1.82, 2.24) is 4.98 Å². The lowest BCUT2D eigenvalue weighted by Gasteiger charge is -2.06. The lowest BCUT2D eigenvalue weighted by Crippen LogP contribution is -2.08. The summed E-state index contributed by atoms with van der Waals surface area (Å²) in [7, 11) is 0. The Bertz CT molecular complexity index is 319. The lowest BCUT2D eigenvalue weighted by molar-refractivity contribution is 0.0982. The molecule has 0 aliphatic carbocycles. The predicted molar refractivity (Wildman–Crippen MR) is 57.7 cm³/mol. The van der Waals surface area contributed by atoms with Gasteiger partial charge in [-0.3, -0.25) is 4.79 Å². The van der Waals surface area contributed by atoms with Crippen LogP contribution in [0, 0.1) is 6.92 Å². The second-order valence-corrected chi connectivity index (χ2v) is 3.48. The van der Waals surface area contributed by atoms with E-state index in [1.165, 1.54) is 0 Å². The largest absolute Gasteiger partial charge is 0.383 e. The van der Waals surface area contributed by atoms with E-state index >= 15 is 0 Å². The maximum Gasteiger partial charge on any atom is 0.166 e. The summed E-state index contributed by atoms with van der Waals surface area (Å²) < 4.78 is 0. The van der Waals surface area contributed by atoms with Gasteiger partial charge in [0.15, 0.2) is 5.78 Å². The first kappa shape index (κ1) is 11.0. The molecule has 1 heterocycles. The van der Waals surface area contributed by atoms with Crippen molar-refractivity contribution in [2.75, 3.05) is 11.6 Å². The third-order valence-electron chi connectivity index (χ3n) is 2.00. The number of ketones is 1. The van der Waals surface area contributed by atoms with Gasteiger partial charge >= 0.3 is 0 Å². The van der Waals surface area contributed by atoms with Crippen LogP contribution >= 0.6 is 11.6 Å². The number of aromatic nitrogens is 1. The van der Waals surface area contributed by atoms with Crippen molar-refractivity contribution in [2.24, 2.45) is 0 Å². The minimum absolute atomic E-state index is 0.0220. The van der Waals surface area contributed by atoms with Gasteiger partial charge in [0, 0.05) is 18.5 Å². The van der Waals surface area contributed by atoms with Crippen LogP contribution < -0.4 is 5.73 Å². The molecule has 0 fully saturated rings. The molecule has 0 amide bonds. The van der Waals surface area contributed by atoms with Crippen molar-refractivity contribution in [3.05, 3.63) is 23.4 Å². The fraction of sp³-hybridized carbons (Fsp3) is 0.400. The van der Waals surface area contributed by atoms with E-state index in [0.717, 1.165) is 5.56 Å². The summed E-state index contributed by atoms with van der Waals surface area (Å²) in [6.45, 7) is 1.85. The Morgan fingerprint density at radius 1 is 1.64 bits per heavy atom. The van der Waals surface area contributed by atoms with Crippen LogP contribution in [0.2, 0.25) is 0 Å². The number of nitrogens with two attached hydrogens (primary N) is 1. The molecule has 0 spiro atoms. The molecule has 3 nitrogen and oxygen atoms in total. The number of carbonyl (C=O) groups is 1. The van der Waals surface area contributed by atoms with Crippen molar-refractivity contribution < 1.29 is 4.79 Å². The molecule has 0 unspecified atom stereocenters. The molecule has 0 saturated carbocycles. The van der Waals surface area contributed by atoms with E-state index in [2.05, 4.69) is 4.98 Å². The number of carbonyl (C=O) groups excluding carboxylic acids is 1. The van der Waals surface area contributed by atoms with Crippen LogP contribution in [0.5, 0.6) is 0 Å². The molecule has 1 aromatic rings. The third-order valence-corrected chi connectivity index (χ3v) is 2.27. The number of nitrogens with zero attached hydrogens (tertiary/aromatic N) is 1. The molecule has 0 aliphatic rings. The normalized spacial score (nSPS) is 10.1. The van der Waals surface area contributed by atoms with Gasteiger partial charge in [-0.1, -0.05) is 0 Å². The Balaban J connectivity index is 2.89. The quantitative estimate of drug-likeness (QED) is 0.615. The zero-order valence-corrected chi connectivity index (χ0v) is 8.84. The Morgan fingerprint density at radius 3 is 2.93 bits per heavy atom. The van der Waals surface area contributed by atoms with Gasteiger partial charge < -0.3 is 5.73 Å². The highest BCUT2D eigenvalue weighted by molar-refractivity contribution is 6.18. The monoisotopic (exact) mass is 212 g/mol. The van der Waals surface area contributed by atoms with E-state index < -0.39 is 0 Å². The third kappa shape index (κ3) is 2.45. The second-order valence-electron chi connectivity index (χ2n) is 3.10. The van der Waals surface area contributed by atoms with Crippen LogP contribution in [0.1, 0.15) is 28.8 Å². The van der Waals surface area contributed by atoms with Crippen molar-refractivity contribution in [3.8, 4) is 0 Å². The molecule has 4 heteroatoms. The van der Waals surface area contributed by atoms with E-state index in [1.807, 2.05) is 6.92 Å². The van der Waals surface area contributed by atoms with Gasteiger partial charge in [-0.2, -0.15) is 0 Å². The van der Waals surface area contributed by atoms with Crippen LogP contribution in [0.4, 0.5) is 5.82 Å². The molecule has 0 saturated heterocycles. The number of hydrogen-bond acceptors (Lipinski definition) is 3. The number of halogens is 1. The Labute approximate surface area is 88.3 Å². The molecule has 1 aromatic heterocycles. The Hall–Kier alpha value is -1.09. The highest BCUT2D eigenvalue weighted by Crippen LogP contribution is 2.16. The minimum Gasteiger partial charge on any atom is -0.383 e. The standard InChI is InChI=1S/C10H13ClN2O/c1-7-4-6-13-10(12)9(7)8(14)3-2-5-11/h4,6H,2-3,5H2,1H3,(H2,12,13). The number of nitrogen functional groups attached to an aromatic ring is 1. The van der Waals surface area contributed by atoms with Gasteiger partial charge in [0.05, 0.1) is 5.56 Å². The number of aryl methyl sites for hydroxylation is 1. The topological polar surface area (TPSA) is 56.0 Å². The van der Waals surface area contributed by atoms with Crippen molar-refractivity contribution in [3.63, 3.8) is 0 Å². The summed E-state index contributed by atoms with van der Waals surface area (Å²) in [6, 6.07) is 1.78. The lowest BCUT2D eigenvalue weighted by atomic mass is 10.0. The van der Waals surface area contributed by atoms with E-state index in [4.69, 9.17) is 17.3 Å². The zero-order valence-electron chi connectivity index (χ0n) is 8.09. The van der Waals surface area contributed by atoms with Crippen LogP contribution in [-0.4, -0.2) is 16.6 Å². The molecular weight excluding hydrogens is 200 g/mol. The number of anilines is 1. The van der Waals surface area contributed by atoms with Gasteiger partial charge in [0.1, 0.15) is 5.82 Å². The average Bonchev–Trinajstić information content (AvgIpc) is 2.14. The summed E-state index contributed by atoms with van der Waals surface area (Å²) >= 11 is 5.51. The summed E-state index contributed by atoms with van der Waals surface area (Å²) in [4.78, 5) is 15.6. The predicted octanol–water partition coefficient (Wildman–Crippen LogP) is 2.17. The van der Waals surface area contributed by atoms with Gasteiger partial charge in [-0.15, -0.1) is 11.6 Å². The van der Waals surface area contributed by atoms with Crippen LogP contribution in [-0.2, 0) is 0 Å².